The highest BCUT2D eigenvalue weighted by Gasteiger charge is 2.24. The predicted octanol–water partition coefficient (Wildman–Crippen LogP) is 2.03. The van der Waals surface area contributed by atoms with Gasteiger partial charge in [-0.15, -0.1) is 11.8 Å². The quantitative estimate of drug-likeness (QED) is 0.835. The molecule has 4 heteroatoms. The molecule has 1 saturated heterocycles. The molecule has 0 saturated carbocycles. The molecule has 0 aliphatic carbocycles. The maximum atomic E-state index is 12.1. The summed E-state index contributed by atoms with van der Waals surface area (Å²) in [5, 5.41) is 0. The molecular formula is C13H18N2OS. The van der Waals surface area contributed by atoms with E-state index in [0.29, 0.717) is 0 Å². The van der Waals surface area contributed by atoms with Crippen LogP contribution in [-0.4, -0.2) is 30.2 Å². The van der Waals surface area contributed by atoms with E-state index >= 15 is 0 Å². The number of carbonyl (C=O) groups is 1. The Labute approximate surface area is 106 Å². The van der Waals surface area contributed by atoms with Crippen molar-refractivity contribution in [2.75, 3.05) is 19.3 Å². The van der Waals surface area contributed by atoms with Crippen molar-refractivity contribution >= 4 is 17.7 Å². The molecule has 1 aliphatic rings. The Kier molecular flexibility index (Phi) is 4.07. The zero-order valence-electron chi connectivity index (χ0n) is 10.1. The van der Waals surface area contributed by atoms with E-state index in [-0.39, 0.29) is 5.91 Å². The van der Waals surface area contributed by atoms with E-state index in [1.807, 2.05) is 35.4 Å². The maximum Gasteiger partial charge on any atom is 0.244 e. The minimum atomic E-state index is -0.510. The van der Waals surface area contributed by atoms with Gasteiger partial charge in [-0.25, -0.2) is 0 Å². The fourth-order valence-corrected chi connectivity index (χ4v) is 2.50. The normalized spacial score (nSPS) is 17.2. The standard InChI is InChI=1S/C13H18N2OS/c1-17-11-6-4-10(5-7-11)12(14)13(16)15-8-2-3-9-15/h4-7,12H,2-3,8-9,14H2,1H3. The van der Waals surface area contributed by atoms with Gasteiger partial charge in [0.05, 0.1) is 0 Å². The highest BCUT2D eigenvalue weighted by atomic mass is 32.2. The summed E-state index contributed by atoms with van der Waals surface area (Å²) in [5.41, 5.74) is 6.91. The molecule has 1 amide bonds. The Morgan fingerprint density at radius 2 is 1.88 bits per heavy atom. The number of nitrogens with two attached hydrogens (primary N) is 1. The van der Waals surface area contributed by atoms with Crippen LogP contribution in [0.4, 0.5) is 0 Å². The van der Waals surface area contributed by atoms with Crippen molar-refractivity contribution in [1.82, 2.24) is 4.90 Å². The van der Waals surface area contributed by atoms with E-state index in [0.717, 1.165) is 31.5 Å². The van der Waals surface area contributed by atoms with Gasteiger partial charge in [-0.1, -0.05) is 12.1 Å². The first-order valence-electron chi connectivity index (χ1n) is 5.90. The summed E-state index contributed by atoms with van der Waals surface area (Å²) in [4.78, 5) is 15.2. The Bertz CT molecular complexity index is 385. The lowest BCUT2D eigenvalue weighted by molar-refractivity contribution is -0.131. The fraction of sp³-hybridized carbons (Fsp3) is 0.462. The molecule has 0 spiro atoms. The van der Waals surface area contributed by atoms with Crippen molar-refractivity contribution in [3.63, 3.8) is 0 Å². The van der Waals surface area contributed by atoms with Gasteiger partial charge >= 0.3 is 0 Å². The third-order valence-corrected chi connectivity index (χ3v) is 3.90. The number of carbonyl (C=O) groups excluding carboxylic acids is 1. The third-order valence-electron chi connectivity index (χ3n) is 3.16. The summed E-state index contributed by atoms with van der Waals surface area (Å²) < 4.78 is 0. The van der Waals surface area contributed by atoms with Crippen molar-refractivity contribution in [3.8, 4) is 0 Å². The number of amides is 1. The topological polar surface area (TPSA) is 46.3 Å². The average Bonchev–Trinajstić information content (AvgIpc) is 2.91. The van der Waals surface area contributed by atoms with Gasteiger partial charge in [0.2, 0.25) is 5.91 Å². The first-order valence-corrected chi connectivity index (χ1v) is 7.13. The first-order chi connectivity index (χ1) is 8.22. The molecular weight excluding hydrogens is 232 g/mol. The number of likely N-dealkylation sites (tertiary alicyclic amines) is 1. The van der Waals surface area contributed by atoms with Crippen LogP contribution in [0.3, 0.4) is 0 Å². The molecule has 0 bridgehead atoms. The zero-order valence-corrected chi connectivity index (χ0v) is 10.9. The molecule has 1 unspecified atom stereocenters. The Morgan fingerprint density at radius 3 is 2.41 bits per heavy atom. The minimum Gasteiger partial charge on any atom is -0.341 e. The van der Waals surface area contributed by atoms with Crippen molar-refractivity contribution < 1.29 is 4.79 Å². The van der Waals surface area contributed by atoms with Crippen LogP contribution in [0, 0.1) is 0 Å². The lowest BCUT2D eigenvalue weighted by Crippen LogP contribution is -2.36. The van der Waals surface area contributed by atoms with Gasteiger partial charge < -0.3 is 10.6 Å². The van der Waals surface area contributed by atoms with Gasteiger partial charge in [0.1, 0.15) is 6.04 Å². The van der Waals surface area contributed by atoms with E-state index in [9.17, 15) is 4.79 Å². The van der Waals surface area contributed by atoms with Crippen molar-refractivity contribution in [1.29, 1.82) is 0 Å². The van der Waals surface area contributed by atoms with Crippen molar-refractivity contribution in [2.45, 2.75) is 23.8 Å². The second-order valence-electron chi connectivity index (χ2n) is 4.28. The lowest BCUT2D eigenvalue weighted by Gasteiger charge is -2.20. The first kappa shape index (κ1) is 12.5. The number of benzene rings is 1. The van der Waals surface area contributed by atoms with Crippen LogP contribution in [0.2, 0.25) is 0 Å². The van der Waals surface area contributed by atoms with Crippen molar-refractivity contribution in [3.05, 3.63) is 29.8 Å². The summed E-state index contributed by atoms with van der Waals surface area (Å²) in [6, 6.07) is 7.41. The average molecular weight is 250 g/mol. The predicted molar refractivity (Wildman–Crippen MR) is 71.0 cm³/mol. The fourth-order valence-electron chi connectivity index (χ4n) is 2.09. The number of rotatable bonds is 3. The van der Waals surface area contributed by atoms with E-state index in [2.05, 4.69) is 0 Å². The molecule has 1 aromatic rings. The molecule has 1 aliphatic heterocycles. The molecule has 2 N–H and O–H groups in total. The second kappa shape index (κ2) is 5.56. The molecule has 0 aromatic heterocycles. The van der Waals surface area contributed by atoms with Crippen LogP contribution in [-0.2, 0) is 4.79 Å². The van der Waals surface area contributed by atoms with Crippen LogP contribution in [0.15, 0.2) is 29.2 Å². The monoisotopic (exact) mass is 250 g/mol. The van der Waals surface area contributed by atoms with Crippen LogP contribution in [0.5, 0.6) is 0 Å². The summed E-state index contributed by atoms with van der Waals surface area (Å²) in [7, 11) is 0. The molecule has 1 heterocycles. The Hall–Kier alpha value is -1.00. The summed E-state index contributed by atoms with van der Waals surface area (Å²) >= 11 is 1.69. The highest BCUT2D eigenvalue weighted by Crippen LogP contribution is 2.20. The SMILES string of the molecule is CSc1ccc(C(N)C(=O)N2CCCC2)cc1. The minimum absolute atomic E-state index is 0.0550. The molecule has 1 fully saturated rings. The Morgan fingerprint density at radius 1 is 1.29 bits per heavy atom. The summed E-state index contributed by atoms with van der Waals surface area (Å²) in [6.45, 7) is 1.71. The largest absolute Gasteiger partial charge is 0.341 e. The Balaban J connectivity index is 2.07. The van der Waals surface area contributed by atoms with E-state index in [1.165, 1.54) is 4.90 Å². The van der Waals surface area contributed by atoms with Gasteiger partial charge in [-0.3, -0.25) is 4.79 Å². The molecule has 1 aromatic carbocycles. The number of hydrogen-bond donors (Lipinski definition) is 1. The van der Waals surface area contributed by atoms with Gasteiger partial charge in [-0.2, -0.15) is 0 Å². The third kappa shape index (κ3) is 2.82. The van der Waals surface area contributed by atoms with E-state index in [1.54, 1.807) is 11.8 Å². The second-order valence-corrected chi connectivity index (χ2v) is 5.16. The van der Waals surface area contributed by atoms with Crippen LogP contribution in [0.1, 0.15) is 24.4 Å². The van der Waals surface area contributed by atoms with E-state index in [4.69, 9.17) is 5.73 Å². The van der Waals surface area contributed by atoms with Gasteiger partial charge in [0.25, 0.3) is 0 Å². The summed E-state index contributed by atoms with van der Waals surface area (Å²) in [5.74, 6) is 0.0550. The smallest absolute Gasteiger partial charge is 0.244 e. The zero-order chi connectivity index (χ0) is 12.3. The molecule has 1 atom stereocenters. The van der Waals surface area contributed by atoms with Crippen molar-refractivity contribution in [2.24, 2.45) is 5.73 Å². The molecule has 92 valence electrons. The summed E-state index contributed by atoms with van der Waals surface area (Å²) in [6.07, 6.45) is 4.23. The number of hydrogen-bond acceptors (Lipinski definition) is 3. The molecule has 0 radical (unpaired) electrons. The maximum absolute atomic E-state index is 12.1. The van der Waals surface area contributed by atoms with Gasteiger partial charge in [0.15, 0.2) is 0 Å². The van der Waals surface area contributed by atoms with Crippen LogP contribution in [0.25, 0.3) is 0 Å². The molecule has 17 heavy (non-hydrogen) atoms. The van der Waals surface area contributed by atoms with E-state index < -0.39 is 6.04 Å². The molecule has 2 rings (SSSR count). The van der Waals surface area contributed by atoms with Gasteiger partial charge in [-0.05, 0) is 36.8 Å². The number of thioether (sulfide) groups is 1. The van der Waals surface area contributed by atoms with Gasteiger partial charge in [0, 0.05) is 18.0 Å². The molecule has 3 nitrogen and oxygen atoms in total. The van der Waals surface area contributed by atoms with Crippen LogP contribution < -0.4 is 5.73 Å². The highest BCUT2D eigenvalue weighted by molar-refractivity contribution is 7.98. The number of nitrogens with zero attached hydrogens (tertiary/aromatic N) is 1. The lowest BCUT2D eigenvalue weighted by atomic mass is 10.1. The van der Waals surface area contributed by atoms with Crippen LogP contribution >= 0.6 is 11.8 Å².